The summed E-state index contributed by atoms with van der Waals surface area (Å²) in [7, 11) is 0. The Morgan fingerprint density at radius 3 is 2.72 bits per heavy atom. The van der Waals surface area contributed by atoms with E-state index >= 15 is 0 Å². The number of para-hydroxylation sites is 1. The molecule has 0 radical (unpaired) electrons. The van der Waals surface area contributed by atoms with E-state index in [4.69, 9.17) is 0 Å². The molecule has 1 fully saturated rings. The molecule has 0 aliphatic carbocycles. The van der Waals surface area contributed by atoms with E-state index in [0.29, 0.717) is 13.1 Å². The maximum Gasteiger partial charge on any atom is 0.322 e. The number of hydrogen-bond acceptors (Lipinski definition) is 3. The summed E-state index contributed by atoms with van der Waals surface area (Å²) in [5.41, 5.74) is 2.45. The number of urea groups is 1. The number of nitrogens with zero attached hydrogens (tertiary/aromatic N) is 2. The van der Waals surface area contributed by atoms with Crippen molar-refractivity contribution in [3.63, 3.8) is 0 Å². The molecule has 0 spiro atoms. The fraction of sp³-hybridized carbons (Fsp3) is 0.316. The van der Waals surface area contributed by atoms with E-state index in [2.05, 4.69) is 15.5 Å². The lowest BCUT2D eigenvalue weighted by molar-refractivity contribution is 0.243. The average molecular weight is 340 g/mol. The van der Waals surface area contributed by atoms with Crippen molar-refractivity contribution in [2.24, 2.45) is 0 Å². The summed E-state index contributed by atoms with van der Waals surface area (Å²) in [5, 5.41) is 6.32. The van der Waals surface area contributed by atoms with Crippen molar-refractivity contribution in [1.29, 1.82) is 0 Å². The molecular weight excluding hydrogens is 319 g/mol. The van der Waals surface area contributed by atoms with E-state index in [1.165, 1.54) is 12.1 Å². The Bertz CT molecular complexity index is 761. The molecule has 2 aromatic carbocycles. The first-order valence-electron chi connectivity index (χ1n) is 8.63. The number of anilines is 3. The molecule has 0 aromatic heterocycles. The number of fused-ring (bicyclic) bond motifs is 1. The lowest BCUT2D eigenvalue weighted by atomic mass is 10.1. The monoisotopic (exact) mass is 340 g/mol. The van der Waals surface area contributed by atoms with E-state index in [1.807, 2.05) is 30.3 Å². The van der Waals surface area contributed by atoms with Crippen molar-refractivity contribution in [2.45, 2.75) is 12.5 Å². The van der Waals surface area contributed by atoms with Crippen molar-refractivity contribution >= 4 is 23.1 Å². The van der Waals surface area contributed by atoms with Gasteiger partial charge in [-0.25, -0.2) is 9.18 Å². The number of carbonyl (C=O) groups excluding carboxylic acids is 1. The van der Waals surface area contributed by atoms with Crippen LogP contribution in [0.25, 0.3) is 0 Å². The number of rotatable bonds is 2. The van der Waals surface area contributed by atoms with Gasteiger partial charge in [0, 0.05) is 31.4 Å². The highest BCUT2D eigenvalue weighted by molar-refractivity contribution is 5.98. The van der Waals surface area contributed by atoms with Crippen molar-refractivity contribution in [1.82, 2.24) is 10.6 Å². The van der Waals surface area contributed by atoms with Gasteiger partial charge in [-0.05, 0) is 43.3 Å². The highest BCUT2D eigenvalue weighted by Crippen LogP contribution is 2.38. The molecule has 2 heterocycles. The Kier molecular flexibility index (Phi) is 4.28. The first-order valence-corrected chi connectivity index (χ1v) is 8.63. The standard InChI is InChI=1S/C19H21FN4O/c20-14-6-7-17-18(12-14)23(16-4-2-1-3-5-16)10-11-24(17)19(25)22-15-8-9-21-13-15/h1-7,12,15,21H,8-11,13H2,(H,22,25). The Hall–Kier alpha value is -2.60. The molecule has 2 N–H and O–H groups in total. The van der Waals surface area contributed by atoms with Gasteiger partial charge in [-0.2, -0.15) is 0 Å². The van der Waals surface area contributed by atoms with Crippen LogP contribution < -0.4 is 20.4 Å². The summed E-state index contributed by atoms with van der Waals surface area (Å²) >= 11 is 0. The van der Waals surface area contributed by atoms with Gasteiger partial charge >= 0.3 is 6.03 Å². The van der Waals surface area contributed by atoms with Crippen LogP contribution in [0.1, 0.15) is 6.42 Å². The van der Waals surface area contributed by atoms with Crippen molar-refractivity contribution in [3.8, 4) is 0 Å². The minimum Gasteiger partial charge on any atom is -0.338 e. The first-order chi connectivity index (χ1) is 12.2. The van der Waals surface area contributed by atoms with Crippen LogP contribution in [0.5, 0.6) is 0 Å². The van der Waals surface area contributed by atoms with Crippen molar-refractivity contribution < 1.29 is 9.18 Å². The largest absolute Gasteiger partial charge is 0.338 e. The Morgan fingerprint density at radius 2 is 1.96 bits per heavy atom. The number of benzene rings is 2. The molecule has 0 saturated carbocycles. The van der Waals surface area contributed by atoms with Crippen LogP contribution in [0, 0.1) is 5.82 Å². The smallest absolute Gasteiger partial charge is 0.322 e. The third kappa shape index (κ3) is 3.17. The predicted molar refractivity (Wildman–Crippen MR) is 97.0 cm³/mol. The van der Waals surface area contributed by atoms with Crippen molar-refractivity contribution in [2.75, 3.05) is 36.0 Å². The van der Waals surface area contributed by atoms with Gasteiger partial charge in [0.25, 0.3) is 0 Å². The zero-order valence-corrected chi connectivity index (χ0v) is 13.9. The second-order valence-corrected chi connectivity index (χ2v) is 6.41. The molecule has 25 heavy (non-hydrogen) atoms. The topological polar surface area (TPSA) is 47.6 Å². The van der Waals surface area contributed by atoms with E-state index in [9.17, 15) is 9.18 Å². The van der Waals surface area contributed by atoms with Gasteiger partial charge in [0.15, 0.2) is 0 Å². The van der Waals surface area contributed by atoms with Crippen LogP contribution in [-0.4, -0.2) is 38.3 Å². The molecule has 1 atom stereocenters. The van der Waals surface area contributed by atoms with Gasteiger partial charge < -0.3 is 15.5 Å². The molecule has 4 rings (SSSR count). The van der Waals surface area contributed by atoms with E-state index in [-0.39, 0.29) is 17.9 Å². The highest BCUT2D eigenvalue weighted by atomic mass is 19.1. The van der Waals surface area contributed by atoms with Crippen LogP contribution in [-0.2, 0) is 0 Å². The maximum atomic E-state index is 13.9. The van der Waals surface area contributed by atoms with Crippen LogP contribution >= 0.6 is 0 Å². The molecule has 130 valence electrons. The number of amides is 2. The lowest BCUT2D eigenvalue weighted by Gasteiger charge is -2.38. The van der Waals surface area contributed by atoms with Crippen molar-refractivity contribution in [3.05, 3.63) is 54.3 Å². The first kappa shape index (κ1) is 15.9. The third-order valence-electron chi connectivity index (χ3n) is 4.77. The van der Waals surface area contributed by atoms with Gasteiger partial charge in [0.05, 0.1) is 11.4 Å². The number of carbonyl (C=O) groups is 1. The number of hydrogen-bond donors (Lipinski definition) is 2. The maximum absolute atomic E-state index is 13.9. The average Bonchev–Trinajstić information content (AvgIpc) is 3.14. The third-order valence-corrected chi connectivity index (χ3v) is 4.77. The molecule has 1 unspecified atom stereocenters. The lowest BCUT2D eigenvalue weighted by Crippen LogP contribution is -2.50. The zero-order chi connectivity index (χ0) is 17.2. The molecule has 2 aliphatic rings. The van der Waals surface area contributed by atoms with Crippen LogP contribution in [0.3, 0.4) is 0 Å². The molecular formula is C19H21FN4O. The number of halogens is 1. The molecule has 2 aromatic rings. The molecule has 2 amide bonds. The number of nitrogens with one attached hydrogen (secondary N) is 2. The van der Waals surface area contributed by atoms with E-state index in [1.54, 1.807) is 11.0 Å². The molecule has 0 bridgehead atoms. The van der Waals surface area contributed by atoms with E-state index < -0.39 is 0 Å². The Labute approximate surface area is 146 Å². The zero-order valence-electron chi connectivity index (χ0n) is 13.9. The minimum atomic E-state index is -0.304. The summed E-state index contributed by atoms with van der Waals surface area (Å²) in [6, 6.07) is 14.5. The minimum absolute atomic E-state index is 0.116. The van der Waals surface area contributed by atoms with Crippen LogP contribution in [0.15, 0.2) is 48.5 Å². The van der Waals surface area contributed by atoms with Crippen LogP contribution in [0.2, 0.25) is 0 Å². The highest BCUT2D eigenvalue weighted by Gasteiger charge is 2.29. The van der Waals surface area contributed by atoms with Gasteiger partial charge in [-0.15, -0.1) is 0 Å². The summed E-state index contributed by atoms with van der Waals surface area (Å²) < 4.78 is 13.9. The van der Waals surface area contributed by atoms with Gasteiger partial charge in [0.2, 0.25) is 0 Å². The van der Waals surface area contributed by atoms with Crippen LogP contribution in [0.4, 0.5) is 26.2 Å². The summed E-state index contributed by atoms with van der Waals surface area (Å²) in [6.07, 6.45) is 0.937. The summed E-state index contributed by atoms with van der Waals surface area (Å²) in [6.45, 7) is 2.90. The van der Waals surface area contributed by atoms with E-state index in [0.717, 1.165) is 36.6 Å². The van der Waals surface area contributed by atoms with Gasteiger partial charge in [-0.3, -0.25) is 4.90 Å². The SMILES string of the molecule is O=C(NC1CCNC1)N1CCN(c2ccccc2)c2cc(F)ccc21. The molecule has 2 aliphatic heterocycles. The fourth-order valence-electron chi connectivity index (χ4n) is 3.50. The van der Waals surface area contributed by atoms with Gasteiger partial charge in [-0.1, -0.05) is 18.2 Å². The quantitative estimate of drug-likeness (QED) is 0.884. The second-order valence-electron chi connectivity index (χ2n) is 6.41. The van der Waals surface area contributed by atoms with Gasteiger partial charge in [0.1, 0.15) is 5.82 Å². The normalized spacial score (nSPS) is 19.6. The Balaban J connectivity index is 1.64. The molecule has 5 nitrogen and oxygen atoms in total. The summed E-state index contributed by atoms with van der Waals surface area (Å²) in [4.78, 5) is 16.5. The molecule has 6 heteroatoms. The molecule has 1 saturated heterocycles. The second kappa shape index (κ2) is 6.72. The predicted octanol–water partition coefficient (Wildman–Crippen LogP) is 2.86. The fourth-order valence-corrected chi connectivity index (χ4v) is 3.50. The Morgan fingerprint density at radius 1 is 1.12 bits per heavy atom. The summed E-state index contributed by atoms with van der Waals surface area (Å²) in [5.74, 6) is -0.304.